The van der Waals surface area contributed by atoms with E-state index in [1.807, 2.05) is 0 Å². The van der Waals surface area contributed by atoms with Gasteiger partial charge in [-0.1, -0.05) is 0 Å². The summed E-state index contributed by atoms with van der Waals surface area (Å²) in [7, 11) is 0. The quantitative estimate of drug-likeness (QED) is 0.333. The summed E-state index contributed by atoms with van der Waals surface area (Å²) in [5.74, 6) is -2.84. The molecule has 0 saturated carbocycles. The molecule has 0 radical (unpaired) electrons. The summed E-state index contributed by atoms with van der Waals surface area (Å²) in [5, 5.41) is 17.9. The van der Waals surface area contributed by atoms with E-state index < -0.39 is 17.4 Å². The van der Waals surface area contributed by atoms with Crippen LogP contribution in [0, 0.1) is 0 Å². The molecule has 0 spiro atoms. The Morgan fingerprint density at radius 1 is 1.15 bits per heavy atom. The first-order valence-corrected chi connectivity index (χ1v) is 3.38. The minimum atomic E-state index is -1.11. The zero-order valence-corrected chi connectivity index (χ0v) is 6.52. The van der Waals surface area contributed by atoms with Crippen molar-refractivity contribution in [3.8, 4) is 11.5 Å². The molecular formula is C8H7NO4. The second-order valence-electron chi connectivity index (χ2n) is 2.40. The van der Waals surface area contributed by atoms with Gasteiger partial charge in [0.05, 0.1) is 0 Å². The van der Waals surface area contributed by atoms with Crippen molar-refractivity contribution in [2.24, 2.45) is 5.73 Å². The predicted molar refractivity (Wildman–Crippen MR) is 43.3 cm³/mol. The predicted octanol–water partition coefficient (Wildman–Crippen LogP) is -0.234. The molecule has 5 nitrogen and oxygen atoms in total. The number of nitrogens with two attached hydrogens (primary N) is 1. The van der Waals surface area contributed by atoms with Gasteiger partial charge < -0.3 is 15.9 Å². The summed E-state index contributed by atoms with van der Waals surface area (Å²) in [4.78, 5) is 21.4. The van der Waals surface area contributed by atoms with E-state index in [2.05, 4.69) is 0 Å². The van der Waals surface area contributed by atoms with Crippen molar-refractivity contribution in [3.05, 3.63) is 23.8 Å². The van der Waals surface area contributed by atoms with E-state index in [4.69, 9.17) is 15.9 Å². The third kappa shape index (κ3) is 1.76. The smallest absolute Gasteiger partial charge is 0.289 e. The van der Waals surface area contributed by atoms with Gasteiger partial charge in [0, 0.05) is 5.56 Å². The van der Waals surface area contributed by atoms with Crippen molar-refractivity contribution in [1.29, 1.82) is 0 Å². The number of carbonyl (C=O) groups excluding carboxylic acids is 2. The number of carbonyl (C=O) groups is 2. The topological polar surface area (TPSA) is 101 Å². The van der Waals surface area contributed by atoms with Crippen LogP contribution in [0.25, 0.3) is 0 Å². The lowest BCUT2D eigenvalue weighted by Gasteiger charge is -1.99. The highest BCUT2D eigenvalue weighted by Gasteiger charge is 2.13. The van der Waals surface area contributed by atoms with Crippen molar-refractivity contribution in [1.82, 2.24) is 0 Å². The molecule has 0 aliphatic carbocycles. The first-order chi connectivity index (χ1) is 6.02. The summed E-state index contributed by atoms with van der Waals surface area (Å²) in [6.07, 6.45) is 0. The number of rotatable bonds is 2. The maximum Gasteiger partial charge on any atom is 0.289 e. The van der Waals surface area contributed by atoms with Gasteiger partial charge in [0.15, 0.2) is 11.5 Å². The highest BCUT2D eigenvalue weighted by molar-refractivity contribution is 6.42. The Morgan fingerprint density at radius 3 is 2.23 bits per heavy atom. The molecule has 1 aromatic rings. The molecule has 1 rings (SSSR count). The van der Waals surface area contributed by atoms with E-state index >= 15 is 0 Å². The van der Waals surface area contributed by atoms with Crippen LogP contribution in [-0.2, 0) is 4.79 Å². The average Bonchev–Trinajstić information content (AvgIpc) is 2.08. The van der Waals surface area contributed by atoms with Crippen LogP contribution in [0.1, 0.15) is 10.4 Å². The Hall–Kier alpha value is -2.04. The number of primary amides is 1. The maximum atomic E-state index is 10.9. The van der Waals surface area contributed by atoms with E-state index in [0.717, 1.165) is 12.1 Å². The van der Waals surface area contributed by atoms with E-state index in [-0.39, 0.29) is 11.3 Å². The van der Waals surface area contributed by atoms with Crippen molar-refractivity contribution in [2.75, 3.05) is 0 Å². The molecule has 1 aromatic carbocycles. The van der Waals surface area contributed by atoms with Gasteiger partial charge in [-0.15, -0.1) is 0 Å². The number of Topliss-reactive ketones (excluding diaryl/α,β-unsaturated/α-hetero) is 1. The van der Waals surface area contributed by atoms with Crippen LogP contribution >= 0.6 is 0 Å². The molecule has 0 atom stereocenters. The summed E-state index contributed by atoms with van der Waals surface area (Å²) in [6.45, 7) is 0. The van der Waals surface area contributed by atoms with Crippen molar-refractivity contribution in [2.45, 2.75) is 0 Å². The molecule has 1 amide bonds. The third-order valence-electron chi connectivity index (χ3n) is 1.46. The number of hydrogen-bond donors (Lipinski definition) is 3. The van der Waals surface area contributed by atoms with E-state index in [1.54, 1.807) is 0 Å². The zero-order valence-electron chi connectivity index (χ0n) is 6.52. The number of aromatic hydroxyl groups is 2. The summed E-state index contributed by atoms with van der Waals surface area (Å²) < 4.78 is 0. The monoisotopic (exact) mass is 181 g/mol. The number of hydrogen-bond acceptors (Lipinski definition) is 4. The third-order valence-corrected chi connectivity index (χ3v) is 1.46. The first-order valence-electron chi connectivity index (χ1n) is 3.38. The summed E-state index contributed by atoms with van der Waals surface area (Å²) in [6, 6.07) is 3.27. The van der Waals surface area contributed by atoms with Crippen LogP contribution in [0.15, 0.2) is 18.2 Å². The second kappa shape index (κ2) is 3.14. The molecule has 68 valence electrons. The molecule has 0 bridgehead atoms. The molecular weight excluding hydrogens is 174 g/mol. The lowest BCUT2D eigenvalue weighted by Crippen LogP contribution is -2.22. The molecule has 0 fully saturated rings. The van der Waals surface area contributed by atoms with Crippen LogP contribution in [0.5, 0.6) is 11.5 Å². The molecule has 0 saturated heterocycles. The van der Waals surface area contributed by atoms with E-state index in [1.165, 1.54) is 6.07 Å². The minimum Gasteiger partial charge on any atom is -0.504 e. The molecule has 4 N–H and O–H groups in total. The molecule has 5 heteroatoms. The van der Waals surface area contributed by atoms with Crippen molar-refractivity contribution in [3.63, 3.8) is 0 Å². The Bertz CT molecular complexity index is 372. The van der Waals surface area contributed by atoms with Crippen LogP contribution in [0.4, 0.5) is 0 Å². The largest absolute Gasteiger partial charge is 0.504 e. The van der Waals surface area contributed by atoms with Crippen LogP contribution < -0.4 is 5.73 Å². The number of phenols is 2. The molecule has 0 aliphatic rings. The Balaban J connectivity index is 3.11. The highest BCUT2D eigenvalue weighted by Crippen LogP contribution is 2.24. The number of amides is 1. The first kappa shape index (κ1) is 9.05. The number of phenolic OH excluding ortho intramolecular Hbond substituents is 2. The molecule has 0 aliphatic heterocycles. The normalized spacial score (nSPS) is 9.54. The van der Waals surface area contributed by atoms with Crippen LogP contribution in [0.3, 0.4) is 0 Å². The van der Waals surface area contributed by atoms with Crippen LogP contribution in [0.2, 0.25) is 0 Å². The van der Waals surface area contributed by atoms with Gasteiger partial charge in [0.1, 0.15) is 0 Å². The fourth-order valence-electron chi connectivity index (χ4n) is 0.807. The van der Waals surface area contributed by atoms with Gasteiger partial charge in [0.25, 0.3) is 5.91 Å². The Labute approximate surface area is 73.4 Å². The standard InChI is InChI=1S/C8H7NO4/c9-8(13)7(12)4-1-2-5(10)6(11)3-4/h1-3,10-11H,(H2,9,13). The Kier molecular flexibility index (Phi) is 2.19. The number of benzene rings is 1. The fourth-order valence-corrected chi connectivity index (χ4v) is 0.807. The van der Waals surface area contributed by atoms with Gasteiger partial charge in [-0.3, -0.25) is 9.59 Å². The van der Waals surface area contributed by atoms with Crippen molar-refractivity contribution < 1.29 is 19.8 Å². The zero-order chi connectivity index (χ0) is 10.0. The number of ketones is 1. The van der Waals surface area contributed by atoms with Gasteiger partial charge in [-0.2, -0.15) is 0 Å². The highest BCUT2D eigenvalue weighted by atomic mass is 16.3. The maximum absolute atomic E-state index is 10.9. The van der Waals surface area contributed by atoms with E-state index in [9.17, 15) is 9.59 Å². The SMILES string of the molecule is NC(=O)C(=O)c1ccc(O)c(O)c1. The molecule has 13 heavy (non-hydrogen) atoms. The Morgan fingerprint density at radius 2 is 1.77 bits per heavy atom. The summed E-state index contributed by atoms with van der Waals surface area (Å²) >= 11 is 0. The van der Waals surface area contributed by atoms with E-state index in [0.29, 0.717) is 0 Å². The van der Waals surface area contributed by atoms with Gasteiger partial charge in [-0.25, -0.2) is 0 Å². The molecule has 0 heterocycles. The second-order valence-corrected chi connectivity index (χ2v) is 2.40. The van der Waals surface area contributed by atoms with Gasteiger partial charge >= 0.3 is 0 Å². The van der Waals surface area contributed by atoms with Crippen molar-refractivity contribution >= 4 is 11.7 Å². The summed E-state index contributed by atoms with van der Waals surface area (Å²) in [5.41, 5.74) is 4.67. The van der Waals surface area contributed by atoms with Gasteiger partial charge in [0.2, 0.25) is 5.78 Å². The minimum absolute atomic E-state index is 0.0530. The van der Waals surface area contributed by atoms with Crippen LogP contribution in [-0.4, -0.2) is 21.9 Å². The molecule has 0 aromatic heterocycles. The molecule has 0 unspecified atom stereocenters. The average molecular weight is 181 g/mol. The lowest BCUT2D eigenvalue weighted by molar-refractivity contribution is -0.114. The fraction of sp³-hybridized carbons (Fsp3) is 0. The lowest BCUT2D eigenvalue weighted by atomic mass is 10.1. The van der Waals surface area contributed by atoms with Gasteiger partial charge in [-0.05, 0) is 18.2 Å².